The van der Waals surface area contributed by atoms with Gasteiger partial charge in [0.2, 0.25) is 0 Å². The van der Waals surface area contributed by atoms with Crippen molar-refractivity contribution in [3.8, 4) is 17.0 Å². The first-order chi connectivity index (χ1) is 13.5. The number of nitrogens with zero attached hydrogens (tertiary/aromatic N) is 4. The summed E-state index contributed by atoms with van der Waals surface area (Å²) in [6.45, 7) is 1.94. The molecule has 0 spiro atoms. The number of benzene rings is 1. The number of aromatic hydroxyl groups is 1. The molecule has 0 aliphatic carbocycles. The van der Waals surface area contributed by atoms with Crippen molar-refractivity contribution in [2.45, 2.75) is 50.5 Å². The van der Waals surface area contributed by atoms with Gasteiger partial charge < -0.3 is 15.3 Å². The molecule has 0 saturated carbocycles. The number of rotatable bonds is 3. The number of phenols is 1. The highest BCUT2D eigenvalue weighted by Gasteiger charge is 2.43. The maximum atomic E-state index is 14.8. The fourth-order valence-electron chi connectivity index (χ4n) is 4.46. The molecule has 6 nitrogen and oxygen atoms in total. The van der Waals surface area contributed by atoms with Crippen LogP contribution in [0.5, 0.6) is 5.75 Å². The third kappa shape index (κ3) is 2.91. The molecule has 8 heteroatoms. The Morgan fingerprint density at radius 2 is 2.11 bits per heavy atom. The van der Waals surface area contributed by atoms with Gasteiger partial charge in [0, 0.05) is 30.8 Å². The van der Waals surface area contributed by atoms with Crippen LogP contribution >= 0.6 is 11.3 Å². The monoisotopic (exact) mass is 399 g/mol. The number of anilines is 1. The van der Waals surface area contributed by atoms with E-state index in [4.69, 9.17) is 0 Å². The summed E-state index contributed by atoms with van der Waals surface area (Å²) in [5.74, 6) is 0.799. The number of nitrogens with one attached hydrogen (secondary N) is 1. The maximum Gasteiger partial charge on any atom is 0.151 e. The van der Waals surface area contributed by atoms with Gasteiger partial charge in [0.05, 0.1) is 27.0 Å². The van der Waals surface area contributed by atoms with E-state index in [1.807, 2.05) is 37.1 Å². The number of thiazole rings is 1. The van der Waals surface area contributed by atoms with Crippen molar-refractivity contribution in [2.75, 3.05) is 11.9 Å². The Morgan fingerprint density at radius 3 is 2.89 bits per heavy atom. The molecule has 0 radical (unpaired) electrons. The second kappa shape index (κ2) is 6.63. The number of piperidine rings is 1. The summed E-state index contributed by atoms with van der Waals surface area (Å²) in [5.41, 5.74) is 2.01. The van der Waals surface area contributed by atoms with Crippen molar-refractivity contribution in [2.24, 2.45) is 0 Å². The Kier molecular flexibility index (Phi) is 4.21. The Morgan fingerprint density at radius 1 is 1.25 bits per heavy atom. The number of fused-ring (bicyclic) bond motifs is 3. The highest BCUT2D eigenvalue weighted by Crippen LogP contribution is 2.36. The van der Waals surface area contributed by atoms with Crippen LogP contribution in [0.25, 0.3) is 21.5 Å². The number of hydrogen-bond donors (Lipinski definition) is 2. The first-order valence-electron chi connectivity index (χ1n) is 9.57. The van der Waals surface area contributed by atoms with Crippen LogP contribution in [0.15, 0.2) is 24.3 Å². The van der Waals surface area contributed by atoms with Crippen molar-refractivity contribution in [3.63, 3.8) is 0 Å². The minimum atomic E-state index is -0.912. The molecule has 2 N–H and O–H groups in total. The highest BCUT2D eigenvalue weighted by molar-refractivity contribution is 7.18. The van der Waals surface area contributed by atoms with E-state index in [0.29, 0.717) is 23.1 Å². The van der Waals surface area contributed by atoms with Crippen LogP contribution in [0.1, 0.15) is 24.3 Å². The first-order valence-corrected chi connectivity index (χ1v) is 10.4. The average Bonchev–Trinajstić information content (AvgIpc) is 3.26. The summed E-state index contributed by atoms with van der Waals surface area (Å²) in [5, 5.41) is 23.3. The minimum absolute atomic E-state index is 0.0522. The van der Waals surface area contributed by atoms with Crippen LogP contribution in [0.3, 0.4) is 0 Å². The first kappa shape index (κ1) is 17.8. The van der Waals surface area contributed by atoms with Crippen molar-refractivity contribution in [1.29, 1.82) is 0 Å². The number of aromatic nitrogens is 3. The lowest BCUT2D eigenvalue weighted by Crippen LogP contribution is -2.55. The van der Waals surface area contributed by atoms with Crippen molar-refractivity contribution in [1.82, 2.24) is 20.5 Å². The molecule has 146 valence electrons. The van der Waals surface area contributed by atoms with E-state index in [1.54, 1.807) is 17.4 Å². The van der Waals surface area contributed by atoms with E-state index in [2.05, 4.69) is 20.5 Å². The van der Waals surface area contributed by atoms with Crippen LogP contribution in [-0.4, -0.2) is 51.6 Å². The van der Waals surface area contributed by atoms with Gasteiger partial charge in [-0.3, -0.25) is 0 Å². The van der Waals surface area contributed by atoms with Crippen LogP contribution in [-0.2, 0) is 0 Å². The Balaban J connectivity index is 1.42. The summed E-state index contributed by atoms with van der Waals surface area (Å²) < 4.78 is 15.8. The van der Waals surface area contributed by atoms with E-state index in [0.717, 1.165) is 34.5 Å². The zero-order valence-electron chi connectivity index (χ0n) is 15.8. The normalized spacial score (nSPS) is 26.7. The van der Waals surface area contributed by atoms with E-state index in [1.165, 1.54) is 0 Å². The molecule has 5 rings (SSSR count). The topological polar surface area (TPSA) is 74.2 Å². The fourth-order valence-corrected chi connectivity index (χ4v) is 5.30. The van der Waals surface area contributed by atoms with Crippen LogP contribution in [0, 0.1) is 6.92 Å². The van der Waals surface area contributed by atoms with Gasteiger partial charge in [-0.1, -0.05) is 0 Å². The quantitative estimate of drug-likeness (QED) is 0.703. The van der Waals surface area contributed by atoms with E-state index in [9.17, 15) is 9.50 Å². The van der Waals surface area contributed by atoms with Gasteiger partial charge in [-0.15, -0.1) is 21.5 Å². The maximum absolute atomic E-state index is 14.8. The molecule has 2 bridgehead atoms. The van der Waals surface area contributed by atoms with Crippen molar-refractivity contribution in [3.05, 3.63) is 29.3 Å². The van der Waals surface area contributed by atoms with Gasteiger partial charge in [0.1, 0.15) is 11.9 Å². The Hall–Kier alpha value is -2.32. The molecule has 2 aliphatic heterocycles. The third-order valence-electron chi connectivity index (χ3n) is 5.95. The van der Waals surface area contributed by atoms with Crippen LogP contribution in [0.4, 0.5) is 10.2 Å². The predicted octanol–water partition coefficient (Wildman–Crippen LogP) is 3.43. The lowest BCUT2D eigenvalue weighted by Gasteiger charge is -2.38. The average molecular weight is 399 g/mol. The lowest BCUT2D eigenvalue weighted by atomic mass is 9.96. The molecule has 1 aromatic carbocycles. The highest BCUT2D eigenvalue weighted by atomic mass is 32.1. The molecule has 4 atom stereocenters. The standard InChI is InChI=1S/C20H22FN5OS/c1-10-22-15-8-12(17(27)9-18(15)28-10)13-5-6-19(25-24-13)26(2)16-7-11-3-4-14(23-11)20(16)21/h5-6,8-9,11,14,16,20,23,27H,3-4,7H2,1-2H3/t11-,14+,16-,20+/m1/s1. The molecule has 0 amide bonds. The minimum Gasteiger partial charge on any atom is -0.507 e. The third-order valence-corrected chi connectivity index (χ3v) is 6.89. The lowest BCUT2D eigenvalue weighted by molar-refractivity contribution is 0.176. The van der Waals surface area contributed by atoms with Crippen molar-refractivity contribution < 1.29 is 9.50 Å². The molecule has 2 fully saturated rings. The van der Waals surface area contributed by atoms with Gasteiger partial charge in [0.25, 0.3) is 0 Å². The molecule has 28 heavy (non-hydrogen) atoms. The summed E-state index contributed by atoms with van der Waals surface area (Å²) in [6.07, 6.45) is 1.80. The molecule has 3 aromatic rings. The molecule has 0 unspecified atom stereocenters. The number of hydrogen-bond acceptors (Lipinski definition) is 7. The number of phenolic OH excluding ortho intramolecular Hbond substituents is 1. The van der Waals surface area contributed by atoms with Gasteiger partial charge in [-0.2, -0.15) is 0 Å². The zero-order valence-corrected chi connectivity index (χ0v) is 16.6. The van der Waals surface area contributed by atoms with E-state index < -0.39 is 6.17 Å². The van der Waals surface area contributed by atoms with Crippen LogP contribution in [0.2, 0.25) is 0 Å². The Labute approximate surface area is 166 Å². The van der Waals surface area contributed by atoms with Crippen LogP contribution < -0.4 is 10.2 Å². The molecular weight excluding hydrogens is 377 g/mol. The number of aryl methyl sites for hydroxylation is 1. The smallest absolute Gasteiger partial charge is 0.151 e. The van der Waals surface area contributed by atoms with Gasteiger partial charge >= 0.3 is 0 Å². The number of alkyl halides is 1. The number of halogens is 1. The second-order valence-electron chi connectivity index (χ2n) is 7.75. The zero-order chi connectivity index (χ0) is 19.4. The SMILES string of the molecule is Cc1nc2cc(-c3ccc(N(C)[C@@H]4C[C@H]5CC[C@H](N5)[C@@H]4F)nn3)c(O)cc2s1. The summed E-state index contributed by atoms with van der Waals surface area (Å²) in [6, 6.07) is 7.36. The summed E-state index contributed by atoms with van der Waals surface area (Å²) in [4.78, 5) is 6.38. The summed E-state index contributed by atoms with van der Waals surface area (Å²) in [7, 11) is 1.88. The Bertz CT molecular complexity index is 1020. The van der Waals surface area contributed by atoms with Crippen molar-refractivity contribution >= 4 is 27.4 Å². The van der Waals surface area contributed by atoms with Gasteiger partial charge in [-0.05, 0) is 44.4 Å². The molecule has 2 aliphatic rings. The summed E-state index contributed by atoms with van der Waals surface area (Å²) >= 11 is 1.54. The largest absolute Gasteiger partial charge is 0.507 e. The molecule has 4 heterocycles. The second-order valence-corrected chi connectivity index (χ2v) is 8.99. The predicted molar refractivity (Wildman–Crippen MR) is 109 cm³/mol. The molecular formula is C20H22FN5OS. The fraction of sp³-hybridized carbons (Fsp3) is 0.450. The van der Waals surface area contributed by atoms with Gasteiger partial charge in [-0.25, -0.2) is 9.37 Å². The molecule has 2 aromatic heterocycles. The van der Waals surface area contributed by atoms with Gasteiger partial charge in [0.15, 0.2) is 5.82 Å². The van der Waals surface area contributed by atoms with E-state index >= 15 is 0 Å². The van der Waals surface area contributed by atoms with E-state index in [-0.39, 0.29) is 17.8 Å². The molecule has 2 saturated heterocycles.